The van der Waals surface area contributed by atoms with E-state index in [9.17, 15) is 9.59 Å². The highest BCUT2D eigenvalue weighted by molar-refractivity contribution is 5.89. The van der Waals surface area contributed by atoms with Gasteiger partial charge in [0.15, 0.2) is 0 Å². The molecule has 1 N–H and O–H groups in total. The van der Waals surface area contributed by atoms with Crippen LogP contribution in [0.15, 0.2) is 18.2 Å². The SMILES string of the molecule is Cc1cc(C2CCCN(C(=O)OC(C)(C)C)C2)ccc1C(=O)O. The van der Waals surface area contributed by atoms with Crippen molar-refractivity contribution < 1.29 is 19.4 Å². The van der Waals surface area contributed by atoms with Crippen molar-refractivity contribution in [2.24, 2.45) is 0 Å². The van der Waals surface area contributed by atoms with Crippen LogP contribution in [0.4, 0.5) is 4.79 Å². The van der Waals surface area contributed by atoms with Crippen LogP contribution in [0.1, 0.15) is 61.0 Å². The second kappa shape index (κ2) is 6.60. The summed E-state index contributed by atoms with van der Waals surface area (Å²) in [6.07, 6.45) is 1.63. The standard InChI is InChI=1S/C18H25NO4/c1-12-10-13(7-8-15(12)16(20)21)14-6-5-9-19(11-14)17(22)23-18(2,3)4/h7-8,10,14H,5-6,9,11H2,1-4H3,(H,20,21). The Labute approximate surface area is 137 Å². The van der Waals surface area contributed by atoms with Gasteiger partial charge in [0, 0.05) is 19.0 Å². The number of piperidine rings is 1. The molecule has 0 aromatic heterocycles. The first-order valence-corrected chi connectivity index (χ1v) is 7.99. The summed E-state index contributed by atoms with van der Waals surface area (Å²) in [6, 6.07) is 5.44. The lowest BCUT2D eigenvalue weighted by Gasteiger charge is -2.34. The molecule has 0 spiro atoms. The Hall–Kier alpha value is -2.04. The number of hydrogen-bond acceptors (Lipinski definition) is 3. The summed E-state index contributed by atoms with van der Waals surface area (Å²) < 4.78 is 5.44. The molecule has 1 aromatic carbocycles. The largest absolute Gasteiger partial charge is 0.478 e. The number of likely N-dealkylation sites (tertiary alicyclic amines) is 1. The van der Waals surface area contributed by atoms with Crippen molar-refractivity contribution in [1.82, 2.24) is 4.90 Å². The summed E-state index contributed by atoms with van der Waals surface area (Å²) in [4.78, 5) is 25.1. The van der Waals surface area contributed by atoms with E-state index in [0.29, 0.717) is 18.7 Å². The van der Waals surface area contributed by atoms with E-state index in [1.807, 2.05) is 32.9 Å². The van der Waals surface area contributed by atoms with Crippen molar-refractivity contribution >= 4 is 12.1 Å². The predicted octanol–water partition coefficient (Wildman–Crippen LogP) is 3.81. The number of aryl methyl sites for hydroxylation is 1. The van der Waals surface area contributed by atoms with E-state index in [0.717, 1.165) is 24.0 Å². The first kappa shape index (κ1) is 17.3. The predicted molar refractivity (Wildman–Crippen MR) is 87.9 cm³/mol. The van der Waals surface area contributed by atoms with Crippen LogP contribution in [-0.4, -0.2) is 40.8 Å². The van der Waals surface area contributed by atoms with Crippen LogP contribution in [0, 0.1) is 6.92 Å². The van der Waals surface area contributed by atoms with Crippen molar-refractivity contribution in [2.75, 3.05) is 13.1 Å². The molecule has 5 nitrogen and oxygen atoms in total. The van der Waals surface area contributed by atoms with Crippen molar-refractivity contribution in [3.63, 3.8) is 0 Å². The second-order valence-corrected chi connectivity index (χ2v) is 7.15. The van der Waals surface area contributed by atoms with Gasteiger partial charge in [-0.2, -0.15) is 0 Å². The van der Waals surface area contributed by atoms with Gasteiger partial charge in [-0.25, -0.2) is 9.59 Å². The molecule has 2 rings (SSSR count). The highest BCUT2D eigenvalue weighted by Crippen LogP contribution is 2.29. The van der Waals surface area contributed by atoms with Crippen LogP contribution < -0.4 is 0 Å². The summed E-state index contributed by atoms with van der Waals surface area (Å²) in [5.41, 5.74) is 1.67. The van der Waals surface area contributed by atoms with Crippen LogP contribution in [0.3, 0.4) is 0 Å². The maximum Gasteiger partial charge on any atom is 0.410 e. The normalized spacial score (nSPS) is 18.6. The maximum atomic E-state index is 12.2. The lowest BCUT2D eigenvalue weighted by Crippen LogP contribution is -2.42. The number of amides is 1. The van der Waals surface area contributed by atoms with Crippen molar-refractivity contribution in [1.29, 1.82) is 0 Å². The number of carboxylic acid groups (broad SMARTS) is 1. The number of benzene rings is 1. The molecule has 1 aliphatic heterocycles. The van der Waals surface area contributed by atoms with E-state index in [1.165, 1.54) is 0 Å². The number of carbonyl (C=O) groups excluding carboxylic acids is 1. The molecular weight excluding hydrogens is 294 g/mol. The van der Waals surface area contributed by atoms with E-state index < -0.39 is 11.6 Å². The fourth-order valence-electron chi connectivity index (χ4n) is 2.92. The third kappa shape index (κ3) is 4.47. The molecule has 1 aromatic rings. The molecule has 5 heteroatoms. The molecule has 0 bridgehead atoms. The minimum Gasteiger partial charge on any atom is -0.478 e. The summed E-state index contributed by atoms with van der Waals surface area (Å²) in [6.45, 7) is 8.71. The third-order valence-electron chi connectivity index (χ3n) is 4.03. The Bertz CT molecular complexity index is 604. The molecule has 1 amide bonds. The molecule has 1 unspecified atom stereocenters. The van der Waals surface area contributed by atoms with Gasteiger partial charge in [0.1, 0.15) is 5.60 Å². The molecule has 0 radical (unpaired) electrons. The molecule has 1 fully saturated rings. The zero-order chi connectivity index (χ0) is 17.2. The number of aromatic carboxylic acids is 1. The molecule has 1 heterocycles. The first-order valence-electron chi connectivity index (χ1n) is 7.99. The maximum absolute atomic E-state index is 12.2. The molecular formula is C18H25NO4. The van der Waals surface area contributed by atoms with Gasteiger partial charge >= 0.3 is 12.1 Å². The quantitative estimate of drug-likeness (QED) is 0.900. The van der Waals surface area contributed by atoms with Gasteiger partial charge in [-0.15, -0.1) is 0 Å². The monoisotopic (exact) mass is 319 g/mol. The molecule has 1 saturated heterocycles. The minimum atomic E-state index is -0.909. The summed E-state index contributed by atoms with van der Waals surface area (Å²) in [5, 5.41) is 9.12. The number of nitrogens with zero attached hydrogens (tertiary/aromatic N) is 1. The number of carbonyl (C=O) groups is 2. The molecule has 1 aliphatic rings. The van der Waals surface area contributed by atoms with Gasteiger partial charge in [-0.3, -0.25) is 0 Å². The smallest absolute Gasteiger partial charge is 0.410 e. The fraction of sp³-hybridized carbons (Fsp3) is 0.556. The van der Waals surface area contributed by atoms with Gasteiger partial charge in [-0.05, 0) is 57.7 Å². The van der Waals surface area contributed by atoms with Crippen LogP contribution in [-0.2, 0) is 4.74 Å². The summed E-state index contributed by atoms with van der Waals surface area (Å²) >= 11 is 0. The summed E-state index contributed by atoms with van der Waals surface area (Å²) in [7, 11) is 0. The van der Waals surface area contributed by atoms with E-state index in [1.54, 1.807) is 17.9 Å². The third-order valence-corrected chi connectivity index (χ3v) is 4.03. The van der Waals surface area contributed by atoms with Gasteiger partial charge in [0.25, 0.3) is 0 Å². The zero-order valence-electron chi connectivity index (χ0n) is 14.3. The minimum absolute atomic E-state index is 0.220. The highest BCUT2D eigenvalue weighted by Gasteiger charge is 2.28. The highest BCUT2D eigenvalue weighted by atomic mass is 16.6. The van der Waals surface area contributed by atoms with E-state index in [-0.39, 0.29) is 12.0 Å². The lowest BCUT2D eigenvalue weighted by molar-refractivity contribution is 0.0198. The average Bonchev–Trinajstić information content (AvgIpc) is 2.45. The van der Waals surface area contributed by atoms with Gasteiger partial charge in [0.05, 0.1) is 5.56 Å². The molecule has 23 heavy (non-hydrogen) atoms. The van der Waals surface area contributed by atoms with E-state index in [4.69, 9.17) is 9.84 Å². The zero-order valence-corrected chi connectivity index (χ0v) is 14.3. The van der Waals surface area contributed by atoms with Crippen LogP contribution in [0.2, 0.25) is 0 Å². The van der Waals surface area contributed by atoms with Gasteiger partial charge < -0.3 is 14.7 Å². The van der Waals surface area contributed by atoms with Crippen LogP contribution in [0.5, 0.6) is 0 Å². The first-order chi connectivity index (χ1) is 10.7. The Morgan fingerprint density at radius 1 is 1.30 bits per heavy atom. The number of hydrogen-bond donors (Lipinski definition) is 1. The lowest BCUT2D eigenvalue weighted by atomic mass is 9.89. The molecule has 126 valence electrons. The Kier molecular flexibility index (Phi) is 4.97. The molecule has 1 atom stereocenters. The number of ether oxygens (including phenoxy) is 1. The number of carboxylic acids is 1. The fourth-order valence-corrected chi connectivity index (χ4v) is 2.92. The van der Waals surface area contributed by atoms with E-state index in [2.05, 4.69) is 0 Å². The average molecular weight is 319 g/mol. The van der Waals surface area contributed by atoms with Gasteiger partial charge in [0.2, 0.25) is 0 Å². The topological polar surface area (TPSA) is 66.8 Å². The van der Waals surface area contributed by atoms with Crippen LogP contribution >= 0.6 is 0 Å². The second-order valence-electron chi connectivity index (χ2n) is 7.15. The van der Waals surface area contributed by atoms with Crippen molar-refractivity contribution in [3.05, 3.63) is 34.9 Å². The van der Waals surface area contributed by atoms with Gasteiger partial charge in [-0.1, -0.05) is 12.1 Å². The Morgan fingerprint density at radius 2 is 2.00 bits per heavy atom. The molecule has 0 aliphatic carbocycles. The summed E-state index contributed by atoms with van der Waals surface area (Å²) in [5.74, 6) is -0.689. The van der Waals surface area contributed by atoms with Crippen LogP contribution in [0.25, 0.3) is 0 Å². The Morgan fingerprint density at radius 3 is 2.57 bits per heavy atom. The Balaban J connectivity index is 2.11. The number of rotatable bonds is 2. The van der Waals surface area contributed by atoms with Crippen molar-refractivity contribution in [3.8, 4) is 0 Å². The van der Waals surface area contributed by atoms with Crippen molar-refractivity contribution in [2.45, 2.75) is 52.1 Å². The van der Waals surface area contributed by atoms with E-state index >= 15 is 0 Å². The molecule has 0 saturated carbocycles.